The summed E-state index contributed by atoms with van der Waals surface area (Å²) in [7, 11) is -3.24. The maximum absolute atomic E-state index is 11.6. The maximum Gasteiger partial charge on any atom is 0.178 e. The first kappa shape index (κ1) is 11.8. The van der Waals surface area contributed by atoms with Crippen LogP contribution in [-0.2, 0) is 9.84 Å². The third-order valence-corrected chi connectivity index (χ3v) is 4.44. The fourth-order valence-electron chi connectivity index (χ4n) is 1.10. The van der Waals surface area contributed by atoms with E-state index in [9.17, 15) is 8.42 Å². The highest BCUT2D eigenvalue weighted by Gasteiger charge is 2.17. The van der Waals surface area contributed by atoms with Gasteiger partial charge in [-0.1, -0.05) is 30.1 Å². The highest BCUT2D eigenvalue weighted by atomic mass is 35.5. The van der Waals surface area contributed by atoms with Crippen LogP contribution in [0.2, 0.25) is 10.0 Å². The van der Waals surface area contributed by atoms with Crippen LogP contribution < -0.4 is 0 Å². The number of halogens is 2. The predicted octanol–water partition coefficient (Wildman–Crippen LogP) is 3.10. The van der Waals surface area contributed by atoms with E-state index >= 15 is 0 Å². The fourth-order valence-corrected chi connectivity index (χ4v) is 2.91. The van der Waals surface area contributed by atoms with Crippen molar-refractivity contribution >= 4 is 33.0 Å². The predicted molar refractivity (Wildman–Crippen MR) is 58.9 cm³/mol. The molecule has 0 aliphatic carbocycles. The van der Waals surface area contributed by atoms with Crippen molar-refractivity contribution in [3.8, 4) is 0 Å². The van der Waals surface area contributed by atoms with Crippen molar-refractivity contribution in [2.75, 3.05) is 5.75 Å². The molecule has 0 amide bonds. The van der Waals surface area contributed by atoms with Crippen molar-refractivity contribution in [1.82, 2.24) is 0 Å². The summed E-state index contributed by atoms with van der Waals surface area (Å²) in [6.45, 7) is 3.25. The molecule has 78 valence electrons. The molecule has 0 atom stereocenters. The van der Waals surface area contributed by atoms with Crippen LogP contribution >= 0.6 is 23.2 Å². The lowest BCUT2D eigenvalue weighted by molar-refractivity contribution is 0.596. The van der Waals surface area contributed by atoms with Gasteiger partial charge in [0.2, 0.25) is 0 Å². The number of rotatable bonds is 2. The van der Waals surface area contributed by atoms with Gasteiger partial charge in [0.1, 0.15) is 0 Å². The third kappa shape index (κ3) is 2.22. The lowest BCUT2D eigenvalue weighted by Gasteiger charge is -2.07. The Hall–Kier alpha value is -0.250. The van der Waals surface area contributed by atoms with Gasteiger partial charge in [0.25, 0.3) is 0 Å². The smallest absolute Gasteiger partial charge is 0.178 e. The molecule has 0 aromatic heterocycles. The van der Waals surface area contributed by atoms with Crippen molar-refractivity contribution in [2.24, 2.45) is 0 Å². The Labute approximate surface area is 93.8 Å². The van der Waals surface area contributed by atoms with E-state index in [4.69, 9.17) is 23.2 Å². The Bertz CT molecular complexity index is 452. The molecule has 1 aromatic carbocycles. The van der Waals surface area contributed by atoms with Gasteiger partial charge in [0.15, 0.2) is 9.84 Å². The van der Waals surface area contributed by atoms with Crippen LogP contribution in [0.4, 0.5) is 0 Å². The topological polar surface area (TPSA) is 34.1 Å². The van der Waals surface area contributed by atoms with Crippen LogP contribution in [0.3, 0.4) is 0 Å². The summed E-state index contributed by atoms with van der Waals surface area (Å²) < 4.78 is 23.2. The standard InChI is InChI=1S/C9H10Cl2O2S/c1-3-14(12,13)9-5-7(10)4-8(11)6(9)2/h4-5H,3H2,1-2H3. The van der Waals surface area contributed by atoms with Gasteiger partial charge in [-0.3, -0.25) is 0 Å². The second-order valence-corrected chi connectivity index (χ2v) is 6.00. The van der Waals surface area contributed by atoms with Crippen LogP contribution in [0, 0.1) is 6.92 Å². The Balaban J connectivity index is 3.50. The van der Waals surface area contributed by atoms with E-state index in [0.717, 1.165) is 0 Å². The second kappa shape index (κ2) is 4.09. The molecule has 2 nitrogen and oxygen atoms in total. The Morgan fingerprint density at radius 3 is 2.36 bits per heavy atom. The van der Waals surface area contributed by atoms with Gasteiger partial charge >= 0.3 is 0 Å². The molecule has 1 rings (SSSR count). The highest BCUT2D eigenvalue weighted by molar-refractivity contribution is 7.91. The summed E-state index contributed by atoms with van der Waals surface area (Å²) in [5.74, 6) is 0.0461. The average molecular weight is 253 g/mol. The zero-order valence-corrected chi connectivity index (χ0v) is 10.2. The van der Waals surface area contributed by atoms with Crippen molar-refractivity contribution < 1.29 is 8.42 Å². The van der Waals surface area contributed by atoms with Gasteiger partial charge < -0.3 is 0 Å². The SMILES string of the molecule is CCS(=O)(=O)c1cc(Cl)cc(Cl)c1C. The van der Waals surface area contributed by atoms with E-state index in [0.29, 0.717) is 15.6 Å². The molecule has 0 fully saturated rings. The van der Waals surface area contributed by atoms with Crippen molar-refractivity contribution in [3.05, 3.63) is 27.7 Å². The minimum atomic E-state index is -3.24. The maximum atomic E-state index is 11.6. The molecule has 1 aromatic rings. The molecule has 0 spiro atoms. The van der Waals surface area contributed by atoms with Crippen molar-refractivity contribution in [1.29, 1.82) is 0 Å². The lowest BCUT2D eigenvalue weighted by atomic mass is 10.2. The van der Waals surface area contributed by atoms with Crippen molar-refractivity contribution in [2.45, 2.75) is 18.7 Å². The molecule has 0 bridgehead atoms. The van der Waals surface area contributed by atoms with E-state index in [2.05, 4.69) is 0 Å². The van der Waals surface area contributed by atoms with Crippen molar-refractivity contribution in [3.63, 3.8) is 0 Å². The summed E-state index contributed by atoms with van der Waals surface area (Å²) in [5, 5.41) is 0.720. The van der Waals surface area contributed by atoms with E-state index in [1.165, 1.54) is 12.1 Å². The van der Waals surface area contributed by atoms with E-state index in [1.807, 2.05) is 0 Å². The number of benzene rings is 1. The summed E-state index contributed by atoms with van der Waals surface area (Å²) in [6, 6.07) is 2.97. The van der Waals surface area contributed by atoms with E-state index in [-0.39, 0.29) is 10.6 Å². The Morgan fingerprint density at radius 2 is 1.86 bits per heavy atom. The zero-order chi connectivity index (χ0) is 10.9. The minimum absolute atomic E-state index is 0.0461. The normalized spacial score (nSPS) is 11.7. The zero-order valence-electron chi connectivity index (χ0n) is 7.84. The fraction of sp³-hybridized carbons (Fsp3) is 0.333. The molecule has 0 radical (unpaired) electrons. The monoisotopic (exact) mass is 252 g/mol. The Morgan fingerprint density at radius 1 is 1.29 bits per heavy atom. The van der Waals surface area contributed by atoms with Gasteiger partial charge in [0, 0.05) is 10.0 Å². The average Bonchev–Trinajstić information content (AvgIpc) is 2.11. The largest absolute Gasteiger partial charge is 0.224 e. The third-order valence-electron chi connectivity index (χ3n) is 1.98. The van der Waals surface area contributed by atoms with Gasteiger partial charge in [0.05, 0.1) is 10.6 Å². The molecule has 5 heteroatoms. The van der Waals surface area contributed by atoms with Gasteiger partial charge in [-0.15, -0.1) is 0 Å². The van der Waals surface area contributed by atoms with Gasteiger partial charge in [-0.25, -0.2) is 8.42 Å². The van der Waals surface area contributed by atoms with Crippen LogP contribution in [0.1, 0.15) is 12.5 Å². The number of hydrogen-bond donors (Lipinski definition) is 0. The molecular formula is C9H10Cl2O2S. The van der Waals surface area contributed by atoms with Crippen LogP contribution in [0.15, 0.2) is 17.0 Å². The first-order valence-electron chi connectivity index (χ1n) is 4.07. The quantitative estimate of drug-likeness (QED) is 0.811. The van der Waals surface area contributed by atoms with Crippen LogP contribution in [0.25, 0.3) is 0 Å². The summed E-state index contributed by atoms with van der Waals surface area (Å²) >= 11 is 11.6. The summed E-state index contributed by atoms with van der Waals surface area (Å²) in [6.07, 6.45) is 0. The molecule has 0 aliphatic heterocycles. The van der Waals surface area contributed by atoms with Gasteiger partial charge in [-0.2, -0.15) is 0 Å². The lowest BCUT2D eigenvalue weighted by Crippen LogP contribution is -2.06. The molecule has 0 saturated carbocycles. The highest BCUT2D eigenvalue weighted by Crippen LogP contribution is 2.28. The molecule has 0 N–H and O–H groups in total. The molecule has 0 aliphatic rings. The summed E-state index contributed by atoms with van der Waals surface area (Å²) in [4.78, 5) is 0.220. The first-order chi connectivity index (χ1) is 6.38. The number of hydrogen-bond acceptors (Lipinski definition) is 2. The van der Waals surface area contributed by atoms with Crippen LogP contribution in [0.5, 0.6) is 0 Å². The molecule has 0 saturated heterocycles. The molecule has 14 heavy (non-hydrogen) atoms. The molecule has 0 heterocycles. The second-order valence-electron chi connectivity index (χ2n) is 2.91. The van der Waals surface area contributed by atoms with E-state index < -0.39 is 9.84 Å². The summed E-state index contributed by atoms with van der Waals surface area (Å²) in [5.41, 5.74) is 0.554. The Kier molecular flexibility index (Phi) is 3.45. The minimum Gasteiger partial charge on any atom is -0.224 e. The molecule has 0 unspecified atom stereocenters. The van der Waals surface area contributed by atoms with E-state index in [1.54, 1.807) is 13.8 Å². The van der Waals surface area contributed by atoms with Crippen LogP contribution in [-0.4, -0.2) is 14.2 Å². The first-order valence-corrected chi connectivity index (χ1v) is 6.47. The molecular weight excluding hydrogens is 243 g/mol. The van der Waals surface area contributed by atoms with Gasteiger partial charge in [-0.05, 0) is 24.6 Å². The number of sulfone groups is 1.